The predicted molar refractivity (Wildman–Crippen MR) is 76.5 cm³/mol. The molecule has 2 unspecified atom stereocenters. The molecule has 0 N–H and O–H groups in total. The van der Waals surface area contributed by atoms with Crippen molar-refractivity contribution in [3.8, 4) is 0 Å². The second kappa shape index (κ2) is 4.30. The summed E-state index contributed by atoms with van der Waals surface area (Å²) in [5, 5.41) is 0. The van der Waals surface area contributed by atoms with Gasteiger partial charge in [0.15, 0.2) is 17.9 Å². The van der Waals surface area contributed by atoms with Gasteiger partial charge in [0.1, 0.15) is 17.8 Å². The highest BCUT2D eigenvalue weighted by atomic mass is 16.8. The molecule has 5 heteroatoms. The minimum Gasteiger partial charge on any atom is -0.348 e. The van der Waals surface area contributed by atoms with E-state index in [1.807, 2.05) is 40.7 Å². The number of fused-ring (bicyclic) bond motifs is 1. The fourth-order valence-corrected chi connectivity index (χ4v) is 3.57. The molecule has 0 aliphatic carbocycles. The summed E-state index contributed by atoms with van der Waals surface area (Å²) in [4.78, 5) is 0. The van der Waals surface area contributed by atoms with Gasteiger partial charge in [0.25, 0.3) is 0 Å². The molecule has 3 rings (SSSR count). The zero-order valence-electron chi connectivity index (χ0n) is 13.8. The lowest BCUT2D eigenvalue weighted by molar-refractivity contribution is -0.261. The third-order valence-corrected chi connectivity index (χ3v) is 5.13. The normalized spacial score (nSPS) is 51.0. The SMILES string of the molecule is C=C[C@]1(C)[C@H]2OC(C)(C)O[C@H]2OC1(C)C1COC(C)(C)O1. The van der Waals surface area contributed by atoms with Crippen molar-refractivity contribution in [1.82, 2.24) is 0 Å². The Hall–Kier alpha value is -0.460. The molecule has 0 aromatic rings. The first-order chi connectivity index (χ1) is 9.53. The Labute approximate surface area is 126 Å². The van der Waals surface area contributed by atoms with Crippen molar-refractivity contribution < 1.29 is 23.7 Å². The number of hydrogen-bond acceptors (Lipinski definition) is 5. The van der Waals surface area contributed by atoms with Crippen LogP contribution in [0.3, 0.4) is 0 Å². The van der Waals surface area contributed by atoms with E-state index in [4.69, 9.17) is 23.7 Å². The van der Waals surface area contributed by atoms with Gasteiger partial charge >= 0.3 is 0 Å². The van der Waals surface area contributed by atoms with Gasteiger partial charge in [0, 0.05) is 5.41 Å². The zero-order chi connectivity index (χ0) is 15.7. The van der Waals surface area contributed by atoms with Crippen molar-refractivity contribution in [2.45, 2.75) is 77.2 Å². The van der Waals surface area contributed by atoms with E-state index in [-0.39, 0.29) is 12.2 Å². The topological polar surface area (TPSA) is 46.2 Å². The Morgan fingerprint density at radius 1 is 0.905 bits per heavy atom. The second-order valence-electron chi connectivity index (χ2n) is 7.45. The zero-order valence-corrected chi connectivity index (χ0v) is 13.8. The van der Waals surface area contributed by atoms with Gasteiger partial charge in [0.05, 0.1) is 6.61 Å². The number of hydrogen-bond donors (Lipinski definition) is 0. The summed E-state index contributed by atoms with van der Waals surface area (Å²) < 4.78 is 30.0. The highest BCUT2D eigenvalue weighted by molar-refractivity contribution is 5.19. The molecule has 3 aliphatic heterocycles. The Bertz CT molecular complexity index is 460. The van der Waals surface area contributed by atoms with E-state index in [0.29, 0.717) is 6.61 Å². The molecule has 0 spiro atoms. The summed E-state index contributed by atoms with van der Waals surface area (Å²) in [6.07, 6.45) is 1.08. The van der Waals surface area contributed by atoms with Crippen molar-refractivity contribution in [3.05, 3.63) is 12.7 Å². The van der Waals surface area contributed by atoms with E-state index < -0.39 is 28.9 Å². The molecule has 5 nitrogen and oxygen atoms in total. The van der Waals surface area contributed by atoms with Crippen LogP contribution >= 0.6 is 0 Å². The third-order valence-electron chi connectivity index (χ3n) is 5.13. The first-order valence-electron chi connectivity index (χ1n) is 7.52. The quantitative estimate of drug-likeness (QED) is 0.733. The van der Waals surface area contributed by atoms with Gasteiger partial charge in [-0.1, -0.05) is 13.0 Å². The molecule has 3 fully saturated rings. The van der Waals surface area contributed by atoms with E-state index in [1.54, 1.807) is 0 Å². The Kier molecular flexibility index (Phi) is 3.16. The molecule has 120 valence electrons. The highest BCUT2D eigenvalue weighted by Gasteiger charge is 2.69. The summed E-state index contributed by atoms with van der Waals surface area (Å²) in [6, 6.07) is 0. The largest absolute Gasteiger partial charge is 0.348 e. The van der Waals surface area contributed by atoms with Crippen LogP contribution < -0.4 is 0 Å². The Balaban J connectivity index is 1.92. The smallest absolute Gasteiger partial charge is 0.188 e. The summed E-state index contributed by atoms with van der Waals surface area (Å²) >= 11 is 0. The fourth-order valence-electron chi connectivity index (χ4n) is 3.57. The number of ether oxygens (including phenoxy) is 5. The summed E-state index contributed by atoms with van der Waals surface area (Å²) in [5.41, 5.74) is -1.05. The van der Waals surface area contributed by atoms with Gasteiger partial charge in [-0.2, -0.15) is 0 Å². The molecule has 3 aliphatic rings. The van der Waals surface area contributed by atoms with Crippen LogP contribution in [-0.4, -0.2) is 42.3 Å². The average molecular weight is 298 g/mol. The van der Waals surface area contributed by atoms with Gasteiger partial charge < -0.3 is 23.7 Å². The van der Waals surface area contributed by atoms with Gasteiger partial charge in [-0.05, 0) is 34.6 Å². The lowest BCUT2D eigenvalue weighted by atomic mass is 9.69. The van der Waals surface area contributed by atoms with Crippen molar-refractivity contribution in [2.24, 2.45) is 5.41 Å². The molecule has 21 heavy (non-hydrogen) atoms. The first-order valence-corrected chi connectivity index (χ1v) is 7.52. The first kappa shape index (κ1) is 15.4. The average Bonchev–Trinajstić information content (AvgIpc) is 2.92. The minimum absolute atomic E-state index is 0.198. The van der Waals surface area contributed by atoms with Crippen LogP contribution in [0.15, 0.2) is 12.7 Å². The maximum absolute atomic E-state index is 6.27. The van der Waals surface area contributed by atoms with Gasteiger partial charge in [-0.25, -0.2) is 0 Å². The molecule has 5 atom stereocenters. The van der Waals surface area contributed by atoms with Crippen LogP contribution in [0.1, 0.15) is 41.5 Å². The molecule has 3 heterocycles. The summed E-state index contributed by atoms with van der Waals surface area (Å²) in [5.74, 6) is -1.25. The molecule has 0 aromatic heterocycles. The maximum Gasteiger partial charge on any atom is 0.188 e. The molecule has 0 aromatic carbocycles. The standard InChI is InChI=1S/C16H26O5/c1-8-15(6)11-12(20-14(4,5)19-11)21-16(15,7)10-9-17-13(2,3)18-10/h8,10-12H,1,9H2,2-7H3/t10?,11-,12-,15+,16?/m0/s1. The molecule has 0 radical (unpaired) electrons. The van der Waals surface area contributed by atoms with Crippen molar-refractivity contribution in [1.29, 1.82) is 0 Å². The predicted octanol–water partition coefficient (Wildman–Crippen LogP) is 2.60. The van der Waals surface area contributed by atoms with E-state index in [0.717, 1.165) is 0 Å². The molecule has 0 bridgehead atoms. The Morgan fingerprint density at radius 2 is 1.57 bits per heavy atom. The molecular weight excluding hydrogens is 272 g/mol. The maximum atomic E-state index is 6.27. The van der Waals surface area contributed by atoms with Crippen LogP contribution in [-0.2, 0) is 23.7 Å². The van der Waals surface area contributed by atoms with Gasteiger partial charge in [-0.15, -0.1) is 6.58 Å². The van der Waals surface area contributed by atoms with Gasteiger partial charge in [0.2, 0.25) is 0 Å². The lowest BCUT2D eigenvalue weighted by Crippen LogP contribution is -2.54. The van der Waals surface area contributed by atoms with Gasteiger partial charge in [-0.3, -0.25) is 0 Å². The molecule has 0 saturated carbocycles. The molecule has 3 saturated heterocycles. The van der Waals surface area contributed by atoms with E-state index >= 15 is 0 Å². The minimum atomic E-state index is -0.646. The van der Waals surface area contributed by atoms with Crippen molar-refractivity contribution in [3.63, 3.8) is 0 Å². The highest BCUT2D eigenvalue weighted by Crippen LogP contribution is 2.56. The van der Waals surface area contributed by atoms with E-state index in [9.17, 15) is 0 Å². The Morgan fingerprint density at radius 3 is 2.10 bits per heavy atom. The molecular formula is C16H26O5. The van der Waals surface area contributed by atoms with Crippen LogP contribution in [0.4, 0.5) is 0 Å². The van der Waals surface area contributed by atoms with Crippen LogP contribution in [0.25, 0.3) is 0 Å². The fraction of sp³-hybridized carbons (Fsp3) is 0.875. The number of rotatable bonds is 2. The van der Waals surface area contributed by atoms with E-state index in [2.05, 4.69) is 13.5 Å². The van der Waals surface area contributed by atoms with Crippen LogP contribution in [0.2, 0.25) is 0 Å². The van der Waals surface area contributed by atoms with Crippen LogP contribution in [0.5, 0.6) is 0 Å². The summed E-state index contributed by atoms with van der Waals surface area (Å²) in [7, 11) is 0. The second-order valence-corrected chi connectivity index (χ2v) is 7.45. The molecule has 0 amide bonds. The van der Waals surface area contributed by atoms with Crippen LogP contribution in [0, 0.1) is 5.41 Å². The van der Waals surface area contributed by atoms with E-state index in [1.165, 1.54) is 0 Å². The summed E-state index contributed by atoms with van der Waals surface area (Å²) in [6.45, 7) is 16.2. The third kappa shape index (κ3) is 2.10. The van der Waals surface area contributed by atoms with Crippen molar-refractivity contribution in [2.75, 3.05) is 6.61 Å². The monoisotopic (exact) mass is 298 g/mol. The lowest BCUT2D eigenvalue weighted by Gasteiger charge is -2.43. The van der Waals surface area contributed by atoms with Crippen molar-refractivity contribution >= 4 is 0 Å².